The molecular weight excluding hydrogens is 254 g/mol. The van der Waals surface area contributed by atoms with Crippen molar-refractivity contribution in [3.05, 3.63) is 0 Å². The van der Waals surface area contributed by atoms with E-state index in [0.29, 0.717) is 0 Å². The van der Waals surface area contributed by atoms with Crippen molar-refractivity contribution >= 4 is 18.0 Å². The molecule has 0 spiro atoms. The summed E-state index contributed by atoms with van der Waals surface area (Å²) in [4.78, 5) is 35.7. The van der Waals surface area contributed by atoms with E-state index in [1.54, 1.807) is 20.8 Å². The predicted molar refractivity (Wildman–Crippen MR) is 64.1 cm³/mol. The molecule has 0 N–H and O–H groups in total. The third-order valence-electron chi connectivity index (χ3n) is 2.47. The Morgan fingerprint density at radius 1 is 1.42 bits per heavy atom. The molecule has 1 atom stereocenters. The van der Waals surface area contributed by atoms with Gasteiger partial charge in [0.1, 0.15) is 11.6 Å². The predicted octanol–water partition coefficient (Wildman–Crippen LogP) is 1.06. The van der Waals surface area contributed by atoms with Crippen LogP contribution in [-0.2, 0) is 23.8 Å². The lowest BCUT2D eigenvalue weighted by Gasteiger charge is -2.25. The van der Waals surface area contributed by atoms with E-state index in [9.17, 15) is 14.4 Å². The van der Waals surface area contributed by atoms with Gasteiger partial charge in [-0.05, 0) is 27.2 Å². The van der Waals surface area contributed by atoms with Crippen LogP contribution < -0.4 is 0 Å². The van der Waals surface area contributed by atoms with E-state index in [-0.39, 0.29) is 19.6 Å². The molecule has 108 valence electrons. The second-order valence-electron chi connectivity index (χ2n) is 5.17. The Kier molecular flexibility index (Phi) is 4.74. The number of cyclic esters (lactones) is 1. The van der Waals surface area contributed by atoms with Crippen LogP contribution in [0.4, 0.5) is 4.79 Å². The molecule has 1 saturated heterocycles. The quantitative estimate of drug-likeness (QED) is 0.565. The van der Waals surface area contributed by atoms with Gasteiger partial charge >= 0.3 is 18.0 Å². The Bertz CT molecular complexity index is 373. The van der Waals surface area contributed by atoms with E-state index in [4.69, 9.17) is 9.47 Å². The van der Waals surface area contributed by atoms with Crippen LogP contribution in [0, 0.1) is 0 Å². The van der Waals surface area contributed by atoms with Crippen molar-refractivity contribution in [1.29, 1.82) is 0 Å². The molecule has 1 aliphatic heterocycles. The third-order valence-corrected chi connectivity index (χ3v) is 2.47. The van der Waals surface area contributed by atoms with Gasteiger partial charge in [-0.1, -0.05) is 0 Å². The first kappa shape index (κ1) is 15.3. The molecule has 0 radical (unpaired) electrons. The number of esters is 2. The largest absolute Gasteiger partial charge is 0.469 e. The third kappa shape index (κ3) is 4.42. The summed E-state index contributed by atoms with van der Waals surface area (Å²) in [5.41, 5.74) is -0.657. The Balaban J connectivity index is 2.63. The van der Waals surface area contributed by atoms with Crippen LogP contribution in [0.25, 0.3) is 0 Å². The van der Waals surface area contributed by atoms with E-state index < -0.39 is 29.7 Å². The summed E-state index contributed by atoms with van der Waals surface area (Å²) in [5, 5.41) is 0. The van der Waals surface area contributed by atoms with Gasteiger partial charge in [0.15, 0.2) is 6.73 Å². The minimum Gasteiger partial charge on any atom is -0.469 e. The maximum absolute atomic E-state index is 11.9. The van der Waals surface area contributed by atoms with Crippen molar-refractivity contribution in [2.45, 2.75) is 45.3 Å². The van der Waals surface area contributed by atoms with Crippen LogP contribution in [0.2, 0.25) is 0 Å². The van der Waals surface area contributed by atoms with Crippen LogP contribution in [0.5, 0.6) is 0 Å². The first-order valence-corrected chi connectivity index (χ1v) is 5.97. The number of rotatable bonds is 3. The number of carbonyl (C=O) groups excluding carboxylic acids is 3. The Labute approximate surface area is 111 Å². The van der Waals surface area contributed by atoms with Crippen LogP contribution in [-0.4, -0.2) is 48.4 Å². The maximum atomic E-state index is 11.9. The summed E-state index contributed by atoms with van der Waals surface area (Å²) in [7, 11) is 1.26. The average molecular weight is 273 g/mol. The highest BCUT2D eigenvalue weighted by Crippen LogP contribution is 2.20. The van der Waals surface area contributed by atoms with Crippen molar-refractivity contribution in [3.63, 3.8) is 0 Å². The standard InChI is InChI=1S/C12H19NO6/c1-12(2,3)19-11(16)13-7-18-10(15)8(13)5-6-9(14)17-4/h8H,5-7H2,1-4H3/t8-/m0/s1. The molecule has 7 nitrogen and oxygen atoms in total. The lowest BCUT2D eigenvalue weighted by atomic mass is 10.1. The van der Waals surface area contributed by atoms with Gasteiger partial charge in [-0.25, -0.2) is 9.59 Å². The molecule has 1 amide bonds. The molecule has 0 aromatic rings. The van der Waals surface area contributed by atoms with E-state index >= 15 is 0 Å². The molecule has 0 saturated carbocycles. The fourth-order valence-corrected chi connectivity index (χ4v) is 1.58. The fourth-order valence-electron chi connectivity index (χ4n) is 1.58. The number of methoxy groups -OCH3 is 1. The minimum atomic E-state index is -0.797. The molecule has 19 heavy (non-hydrogen) atoms. The smallest absolute Gasteiger partial charge is 0.413 e. The van der Waals surface area contributed by atoms with Crippen molar-refractivity contribution in [2.24, 2.45) is 0 Å². The maximum Gasteiger partial charge on any atom is 0.413 e. The van der Waals surface area contributed by atoms with E-state index in [2.05, 4.69) is 4.74 Å². The van der Waals surface area contributed by atoms with Crippen LogP contribution in [0.1, 0.15) is 33.6 Å². The molecule has 0 unspecified atom stereocenters. The first-order valence-electron chi connectivity index (χ1n) is 5.97. The Hall–Kier alpha value is -1.79. The van der Waals surface area contributed by atoms with Crippen molar-refractivity contribution in [2.75, 3.05) is 13.8 Å². The SMILES string of the molecule is COC(=O)CC[C@H]1C(=O)OCN1C(=O)OC(C)(C)C. The lowest BCUT2D eigenvalue weighted by molar-refractivity contribution is -0.141. The highest BCUT2D eigenvalue weighted by molar-refractivity contribution is 5.84. The highest BCUT2D eigenvalue weighted by atomic mass is 16.6. The van der Waals surface area contributed by atoms with E-state index in [0.717, 1.165) is 0 Å². The van der Waals surface area contributed by atoms with Gasteiger partial charge in [0.2, 0.25) is 0 Å². The van der Waals surface area contributed by atoms with Gasteiger partial charge < -0.3 is 14.2 Å². The monoisotopic (exact) mass is 273 g/mol. The summed E-state index contributed by atoms with van der Waals surface area (Å²) < 4.78 is 14.5. The molecule has 7 heteroatoms. The molecule has 1 aliphatic rings. The molecule has 1 heterocycles. The number of ether oxygens (including phenoxy) is 3. The molecule has 0 aliphatic carbocycles. The topological polar surface area (TPSA) is 82.1 Å². The van der Waals surface area contributed by atoms with E-state index in [1.165, 1.54) is 12.0 Å². The zero-order valence-electron chi connectivity index (χ0n) is 11.6. The molecule has 0 aromatic carbocycles. The van der Waals surface area contributed by atoms with Gasteiger partial charge in [0, 0.05) is 6.42 Å². The number of amides is 1. The summed E-state index contributed by atoms with van der Waals surface area (Å²) in [6.45, 7) is 5.03. The Morgan fingerprint density at radius 2 is 2.05 bits per heavy atom. The minimum absolute atomic E-state index is 0.0373. The number of hydrogen-bond donors (Lipinski definition) is 0. The number of nitrogens with zero attached hydrogens (tertiary/aromatic N) is 1. The first-order chi connectivity index (χ1) is 8.74. The summed E-state index contributed by atoms with van der Waals surface area (Å²) >= 11 is 0. The van der Waals surface area contributed by atoms with Crippen molar-refractivity contribution < 1.29 is 28.6 Å². The van der Waals surface area contributed by atoms with Gasteiger partial charge in [-0.3, -0.25) is 9.69 Å². The van der Waals surface area contributed by atoms with Crippen LogP contribution in [0.3, 0.4) is 0 Å². The normalized spacial score (nSPS) is 19.1. The Morgan fingerprint density at radius 3 is 2.58 bits per heavy atom. The number of carbonyl (C=O) groups is 3. The van der Waals surface area contributed by atoms with Crippen molar-refractivity contribution in [1.82, 2.24) is 4.90 Å². The van der Waals surface area contributed by atoms with Gasteiger partial charge in [0.25, 0.3) is 0 Å². The fraction of sp³-hybridized carbons (Fsp3) is 0.750. The molecule has 1 fully saturated rings. The summed E-state index contributed by atoms with van der Waals surface area (Å²) in [6, 6.07) is -0.797. The highest BCUT2D eigenvalue weighted by Gasteiger charge is 2.39. The average Bonchev–Trinajstić information content (AvgIpc) is 2.65. The molecule has 0 aromatic heterocycles. The van der Waals surface area contributed by atoms with Gasteiger partial charge in [-0.2, -0.15) is 0 Å². The van der Waals surface area contributed by atoms with Gasteiger partial charge in [-0.15, -0.1) is 0 Å². The van der Waals surface area contributed by atoms with Gasteiger partial charge in [0.05, 0.1) is 7.11 Å². The van der Waals surface area contributed by atoms with E-state index in [1.807, 2.05) is 0 Å². The summed E-state index contributed by atoms with van der Waals surface area (Å²) in [5.74, 6) is -0.974. The molecule has 1 rings (SSSR count). The zero-order valence-corrected chi connectivity index (χ0v) is 11.6. The van der Waals surface area contributed by atoms with Crippen molar-refractivity contribution in [3.8, 4) is 0 Å². The zero-order chi connectivity index (χ0) is 14.6. The second kappa shape index (κ2) is 5.90. The summed E-state index contributed by atoms with van der Waals surface area (Å²) in [6.07, 6.45) is -0.437. The van der Waals surface area contributed by atoms with Crippen LogP contribution in [0.15, 0.2) is 0 Å². The molecular formula is C12H19NO6. The number of hydrogen-bond acceptors (Lipinski definition) is 6. The second-order valence-corrected chi connectivity index (χ2v) is 5.17. The van der Waals surface area contributed by atoms with Crippen LogP contribution >= 0.6 is 0 Å². The lowest BCUT2D eigenvalue weighted by Crippen LogP contribution is -2.41. The molecule has 0 bridgehead atoms.